The van der Waals surface area contributed by atoms with Gasteiger partial charge in [-0.2, -0.15) is 5.26 Å². The summed E-state index contributed by atoms with van der Waals surface area (Å²) in [5.74, 6) is 0. The molecule has 144 valence electrons. The number of carbonyl (C=O) groups excluding carboxylic acids is 1. The van der Waals surface area contributed by atoms with Gasteiger partial charge in [0.25, 0.3) is 6.26 Å². The Balaban J connectivity index is 3.72. The molecule has 0 rings (SSSR count). The Bertz CT molecular complexity index is 422. The van der Waals surface area contributed by atoms with Crippen LogP contribution in [-0.2, 0) is 28.5 Å². The predicted molar refractivity (Wildman–Crippen MR) is 90.8 cm³/mol. The Morgan fingerprint density at radius 2 is 1.28 bits per heavy atom. The molecule has 5 atom stereocenters. The van der Waals surface area contributed by atoms with Crippen molar-refractivity contribution in [3.05, 3.63) is 0 Å². The smallest absolute Gasteiger partial charge is 0.286 e. The van der Waals surface area contributed by atoms with Crippen LogP contribution >= 0.6 is 0 Å². The van der Waals surface area contributed by atoms with Crippen LogP contribution in [0.2, 0.25) is 0 Å². The Hall–Kier alpha value is -1.49. The monoisotopic (exact) mass is 358 g/mol. The van der Waals surface area contributed by atoms with Gasteiger partial charge in [-0.1, -0.05) is 0 Å². The van der Waals surface area contributed by atoms with Crippen molar-refractivity contribution in [3.8, 4) is 6.26 Å². The van der Waals surface area contributed by atoms with E-state index >= 15 is 0 Å². The molecular weight excluding hydrogens is 328 g/mol. The second-order valence-electron chi connectivity index (χ2n) is 6.06. The predicted octanol–water partition coefficient (Wildman–Crippen LogP) is 1.83. The van der Waals surface area contributed by atoms with Crippen LogP contribution in [0.1, 0.15) is 34.6 Å². The zero-order valence-corrected chi connectivity index (χ0v) is 15.8. The Morgan fingerprint density at radius 3 is 1.76 bits per heavy atom. The zero-order valence-electron chi connectivity index (χ0n) is 15.8. The van der Waals surface area contributed by atoms with Crippen molar-refractivity contribution in [1.82, 2.24) is 0 Å². The molecule has 8 nitrogen and oxygen atoms in total. The third-order valence-corrected chi connectivity index (χ3v) is 3.08. The maximum atomic E-state index is 10.1. The zero-order chi connectivity index (χ0) is 19.1. The van der Waals surface area contributed by atoms with Gasteiger partial charge in [-0.25, -0.2) is 9.79 Å². The van der Waals surface area contributed by atoms with Crippen LogP contribution in [-0.4, -0.2) is 69.6 Å². The summed E-state index contributed by atoms with van der Waals surface area (Å²) in [6.07, 6.45) is 2.60. The van der Waals surface area contributed by atoms with E-state index in [-0.39, 0.29) is 30.5 Å². The molecule has 0 aliphatic carbocycles. The molecule has 0 fully saturated rings. The van der Waals surface area contributed by atoms with Gasteiger partial charge in [-0.05, 0) is 34.6 Å². The van der Waals surface area contributed by atoms with Gasteiger partial charge in [0.1, 0.15) is 6.10 Å². The van der Waals surface area contributed by atoms with Gasteiger partial charge in [0.2, 0.25) is 6.08 Å². The number of hydrogen-bond acceptors (Lipinski definition) is 8. The third kappa shape index (κ3) is 14.6. The number of rotatable bonds is 15. The lowest BCUT2D eigenvalue weighted by Crippen LogP contribution is -2.28. The first kappa shape index (κ1) is 23.5. The Morgan fingerprint density at radius 1 is 0.800 bits per heavy atom. The molecule has 0 N–H and O–H groups in total. The lowest BCUT2D eigenvalue weighted by molar-refractivity contribution is -0.0869. The molecule has 0 saturated heterocycles. The first-order valence-corrected chi connectivity index (χ1v) is 8.43. The molecule has 8 heteroatoms. The average molecular weight is 358 g/mol. The fourth-order valence-corrected chi connectivity index (χ4v) is 1.70. The van der Waals surface area contributed by atoms with Crippen LogP contribution in [0, 0.1) is 11.5 Å². The summed E-state index contributed by atoms with van der Waals surface area (Å²) >= 11 is 0. The van der Waals surface area contributed by atoms with Crippen LogP contribution in [0.15, 0.2) is 4.99 Å². The highest BCUT2D eigenvalue weighted by Crippen LogP contribution is 2.02. The van der Waals surface area contributed by atoms with Crippen molar-refractivity contribution in [2.45, 2.75) is 65.1 Å². The lowest BCUT2D eigenvalue weighted by Gasteiger charge is -2.20. The fraction of sp³-hybridized carbons (Fsp3) is 0.882. The first-order chi connectivity index (χ1) is 11.9. The molecule has 0 aromatic heterocycles. The van der Waals surface area contributed by atoms with Gasteiger partial charge >= 0.3 is 0 Å². The highest BCUT2D eigenvalue weighted by molar-refractivity contribution is 5.33. The third-order valence-electron chi connectivity index (χ3n) is 3.08. The van der Waals surface area contributed by atoms with E-state index in [1.165, 1.54) is 6.08 Å². The van der Waals surface area contributed by atoms with Crippen LogP contribution in [0.5, 0.6) is 0 Å². The normalized spacial score (nSPS) is 16.8. The molecule has 0 aromatic rings. The number of hydrogen-bond donors (Lipinski definition) is 0. The molecule has 0 bridgehead atoms. The summed E-state index contributed by atoms with van der Waals surface area (Å²) in [5.41, 5.74) is 0. The fourth-order valence-electron chi connectivity index (χ4n) is 1.70. The minimum absolute atomic E-state index is 0.0835. The van der Waals surface area contributed by atoms with E-state index in [1.54, 1.807) is 20.1 Å². The number of isocyanates is 1. The topological polar surface area (TPSA) is 99.4 Å². The van der Waals surface area contributed by atoms with Crippen molar-refractivity contribution in [1.29, 1.82) is 5.26 Å². The summed E-state index contributed by atoms with van der Waals surface area (Å²) in [4.78, 5) is 13.6. The molecule has 0 spiro atoms. The lowest BCUT2D eigenvalue weighted by atomic mass is 10.3. The second-order valence-corrected chi connectivity index (χ2v) is 6.06. The maximum Gasteiger partial charge on any atom is 0.286 e. The van der Waals surface area contributed by atoms with Crippen LogP contribution in [0.4, 0.5) is 0 Å². The molecular formula is C17H30N2O6. The van der Waals surface area contributed by atoms with E-state index < -0.39 is 0 Å². The summed E-state index contributed by atoms with van der Waals surface area (Å²) in [5, 5.41) is 8.39. The molecule has 0 amide bonds. The van der Waals surface area contributed by atoms with Crippen LogP contribution < -0.4 is 0 Å². The minimum atomic E-state index is -0.269. The molecule has 0 heterocycles. The quantitative estimate of drug-likeness (QED) is 0.250. The van der Waals surface area contributed by atoms with Crippen LogP contribution in [0.25, 0.3) is 0 Å². The summed E-state index contributed by atoms with van der Waals surface area (Å²) in [6.45, 7) is 11.2. The SMILES string of the molecule is CC(COCC(C)OCC(C)OCC(C)OCC(C)OC#N)N=C=O. The number of ether oxygens (including phenoxy) is 5. The number of aliphatic imine (C=N–C) groups is 1. The van der Waals surface area contributed by atoms with Crippen molar-refractivity contribution in [2.24, 2.45) is 4.99 Å². The van der Waals surface area contributed by atoms with Gasteiger partial charge in [-0.3, -0.25) is 0 Å². The van der Waals surface area contributed by atoms with Crippen molar-refractivity contribution < 1.29 is 28.5 Å². The Kier molecular flexibility index (Phi) is 13.9. The van der Waals surface area contributed by atoms with E-state index in [1.807, 2.05) is 20.8 Å². The second kappa shape index (κ2) is 14.8. The van der Waals surface area contributed by atoms with Crippen molar-refractivity contribution in [3.63, 3.8) is 0 Å². The molecule has 0 saturated carbocycles. The van der Waals surface area contributed by atoms with Crippen LogP contribution in [0.3, 0.4) is 0 Å². The highest BCUT2D eigenvalue weighted by Gasteiger charge is 2.12. The van der Waals surface area contributed by atoms with Gasteiger partial charge in [-0.15, -0.1) is 0 Å². The van der Waals surface area contributed by atoms with E-state index in [2.05, 4.69) is 4.99 Å². The van der Waals surface area contributed by atoms with Gasteiger partial charge < -0.3 is 23.7 Å². The Labute approximate surface area is 150 Å². The molecule has 25 heavy (non-hydrogen) atoms. The molecule has 0 aromatic carbocycles. The largest absolute Gasteiger partial charge is 0.422 e. The number of nitriles is 1. The molecule has 5 unspecified atom stereocenters. The first-order valence-electron chi connectivity index (χ1n) is 8.43. The molecule has 0 aliphatic rings. The van der Waals surface area contributed by atoms with E-state index in [0.717, 1.165) is 0 Å². The number of nitrogens with zero attached hydrogens (tertiary/aromatic N) is 2. The van der Waals surface area contributed by atoms with E-state index in [4.69, 9.17) is 28.9 Å². The van der Waals surface area contributed by atoms with E-state index in [0.29, 0.717) is 33.0 Å². The van der Waals surface area contributed by atoms with Crippen molar-refractivity contribution >= 4 is 6.08 Å². The van der Waals surface area contributed by atoms with Gasteiger partial charge in [0.05, 0.1) is 57.4 Å². The van der Waals surface area contributed by atoms with Gasteiger partial charge in [0, 0.05) is 0 Å². The molecule has 0 aliphatic heterocycles. The van der Waals surface area contributed by atoms with Crippen molar-refractivity contribution in [2.75, 3.05) is 33.0 Å². The van der Waals surface area contributed by atoms with E-state index in [9.17, 15) is 4.79 Å². The summed E-state index contributed by atoms with van der Waals surface area (Å²) in [7, 11) is 0. The standard InChI is InChI=1S/C17H30N2O6/c1-13(19-12-20)6-21-7-14(2)22-8-15(3)23-9-16(4)24-10-17(5)25-11-18/h13-17H,6-10H2,1-5H3. The average Bonchev–Trinajstić information content (AvgIpc) is 2.56. The summed E-state index contributed by atoms with van der Waals surface area (Å²) < 4.78 is 27.0. The maximum absolute atomic E-state index is 10.1. The summed E-state index contributed by atoms with van der Waals surface area (Å²) in [6, 6.07) is -0.199. The minimum Gasteiger partial charge on any atom is -0.422 e. The van der Waals surface area contributed by atoms with Gasteiger partial charge in [0.15, 0.2) is 0 Å². The highest BCUT2D eigenvalue weighted by atomic mass is 16.6. The molecule has 0 radical (unpaired) electrons.